The Bertz CT molecular complexity index is 1050. The normalized spacial score (nSPS) is 17.9. The summed E-state index contributed by atoms with van der Waals surface area (Å²) in [6, 6.07) is 18.2. The number of aromatic nitrogens is 1. The molecule has 30 heavy (non-hydrogen) atoms. The number of carbonyl (C=O) groups excluding carboxylic acids is 2. The van der Waals surface area contributed by atoms with Crippen LogP contribution < -0.4 is 10.1 Å². The first kappa shape index (κ1) is 19.6. The highest BCUT2D eigenvalue weighted by atomic mass is 16.5. The number of likely N-dealkylation sites (N-methyl/N-ethyl adjacent to an activating group) is 1. The molecule has 0 saturated carbocycles. The Morgan fingerprint density at radius 2 is 1.87 bits per heavy atom. The summed E-state index contributed by atoms with van der Waals surface area (Å²) in [6.45, 7) is 0.373. The Morgan fingerprint density at radius 3 is 2.57 bits per heavy atom. The molecule has 2 aromatic carbocycles. The minimum absolute atomic E-state index is 0.0947. The van der Waals surface area contributed by atoms with Gasteiger partial charge in [0.05, 0.1) is 19.1 Å². The molecular weight excluding hydrogens is 378 g/mol. The Balaban J connectivity index is 1.72. The number of ether oxygens (including phenoxy) is 1. The van der Waals surface area contributed by atoms with Gasteiger partial charge in [-0.25, -0.2) is 0 Å². The fraction of sp³-hybridized carbons (Fsp3) is 0.208. The van der Waals surface area contributed by atoms with Crippen molar-refractivity contribution in [3.8, 4) is 5.75 Å². The van der Waals surface area contributed by atoms with Crippen molar-refractivity contribution >= 4 is 11.8 Å². The molecule has 1 aliphatic rings. The molecule has 0 radical (unpaired) electrons. The topological polar surface area (TPSA) is 71.5 Å². The number of hydrogen-bond donors (Lipinski definition) is 1. The van der Waals surface area contributed by atoms with Crippen LogP contribution in [0.4, 0.5) is 0 Å². The van der Waals surface area contributed by atoms with E-state index in [9.17, 15) is 9.59 Å². The zero-order chi connectivity index (χ0) is 21.1. The summed E-state index contributed by atoms with van der Waals surface area (Å²) < 4.78 is 5.26. The molecule has 0 saturated heterocycles. The van der Waals surface area contributed by atoms with E-state index in [1.807, 2.05) is 54.6 Å². The maximum Gasteiger partial charge on any atom is 0.254 e. The molecular formula is C24H23N3O3. The number of nitrogens with zero attached hydrogens (tertiary/aromatic N) is 2. The van der Waals surface area contributed by atoms with Crippen molar-refractivity contribution in [2.45, 2.75) is 18.5 Å². The largest absolute Gasteiger partial charge is 0.497 e. The lowest BCUT2D eigenvalue weighted by Crippen LogP contribution is -2.45. The smallest absolute Gasteiger partial charge is 0.254 e. The van der Waals surface area contributed by atoms with E-state index in [0.717, 1.165) is 22.4 Å². The average Bonchev–Trinajstić information content (AvgIpc) is 2.80. The van der Waals surface area contributed by atoms with E-state index in [1.54, 1.807) is 37.5 Å². The average molecular weight is 401 g/mol. The van der Waals surface area contributed by atoms with Crippen LogP contribution in [0, 0.1) is 0 Å². The van der Waals surface area contributed by atoms with E-state index < -0.39 is 12.0 Å². The monoisotopic (exact) mass is 401 g/mol. The Kier molecular flexibility index (Phi) is 5.48. The number of pyridine rings is 1. The van der Waals surface area contributed by atoms with Gasteiger partial charge in [-0.05, 0) is 41.0 Å². The van der Waals surface area contributed by atoms with Gasteiger partial charge in [0.15, 0.2) is 0 Å². The molecule has 1 aromatic heterocycles. The van der Waals surface area contributed by atoms with Crippen molar-refractivity contribution in [1.82, 2.24) is 15.2 Å². The summed E-state index contributed by atoms with van der Waals surface area (Å²) in [6.07, 6.45) is 3.43. The van der Waals surface area contributed by atoms with Crippen LogP contribution in [-0.4, -0.2) is 35.9 Å². The van der Waals surface area contributed by atoms with E-state index in [2.05, 4.69) is 10.3 Å². The molecule has 6 heteroatoms. The van der Waals surface area contributed by atoms with E-state index in [4.69, 9.17) is 4.74 Å². The van der Waals surface area contributed by atoms with Gasteiger partial charge in [-0.2, -0.15) is 0 Å². The molecule has 4 rings (SSSR count). The van der Waals surface area contributed by atoms with E-state index in [1.165, 1.54) is 0 Å². The number of amides is 2. The van der Waals surface area contributed by atoms with Crippen molar-refractivity contribution in [3.63, 3.8) is 0 Å². The highest BCUT2D eigenvalue weighted by Crippen LogP contribution is 2.42. The predicted octanol–water partition coefficient (Wildman–Crippen LogP) is 3.32. The van der Waals surface area contributed by atoms with Gasteiger partial charge in [0.2, 0.25) is 5.91 Å². The maximum atomic E-state index is 13.4. The van der Waals surface area contributed by atoms with Crippen molar-refractivity contribution in [3.05, 3.63) is 95.3 Å². The molecule has 1 aliphatic heterocycles. The molecule has 0 aliphatic carbocycles. The van der Waals surface area contributed by atoms with E-state index >= 15 is 0 Å². The van der Waals surface area contributed by atoms with Crippen LogP contribution in [0.3, 0.4) is 0 Å². The summed E-state index contributed by atoms with van der Waals surface area (Å²) in [4.78, 5) is 32.2. The highest BCUT2D eigenvalue weighted by Gasteiger charge is 2.42. The minimum atomic E-state index is -0.533. The second-order valence-electron chi connectivity index (χ2n) is 7.28. The quantitative estimate of drug-likeness (QED) is 0.712. The summed E-state index contributed by atoms with van der Waals surface area (Å²) >= 11 is 0. The number of methoxy groups -OCH3 is 1. The molecule has 3 aromatic rings. The van der Waals surface area contributed by atoms with Gasteiger partial charge in [0, 0.05) is 31.5 Å². The van der Waals surface area contributed by atoms with Gasteiger partial charge in [-0.15, -0.1) is 0 Å². The fourth-order valence-electron chi connectivity index (χ4n) is 3.98. The first-order valence-corrected chi connectivity index (χ1v) is 9.77. The van der Waals surface area contributed by atoms with Gasteiger partial charge < -0.3 is 15.0 Å². The molecule has 0 spiro atoms. The van der Waals surface area contributed by atoms with Crippen molar-refractivity contribution < 1.29 is 14.3 Å². The molecule has 2 amide bonds. The lowest BCUT2D eigenvalue weighted by molar-refractivity contribution is -0.124. The standard InChI is InChI=1S/C24H23N3O3/c1-27-22(17-9-11-18(30-2)12-10-17)21(19-7-3-4-8-20(19)24(27)29)23(28)26-15-16-6-5-13-25-14-16/h3-14,21-22H,15H2,1-2H3,(H,26,28)/t21-,22+/m0/s1. The van der Waals surface area contributed by atoms with Crippen LogP contribution in [0.25, 0.3) is 0 Å². The number of hydrogen-bond acceptors (Lipinski definition) is 4. The van der Waals surface area contributed by atoms with Gasteiger partial charge >= 0.3 is 0 Å². The van der Waals surface area contributed by atoms with Gasteiger partial charge in [-0.3, -0.25) is 14.6 Å². The highest BCUT2D eigenvalue weighted by molar-refractivity contribution is 6.01. The molecule has 6 nitrogen and oxygen atoms in total. The number of fused-ring (bicyclic) bond motifs is 1. The van der Waals surface area contributed by atoms with Crippen LogP contribution >= 0.6 is 0 Å². The van der Waals surface area contributed by atoms with Gasteiger partial charge in [0.1, 0.15) is 5.75 Å². The zero-order valence-electron chi connectivity index (χ0n) is 16.9. The Morgan fingerprint density at radius 1 is 1.10 bits per heavy atom. The first-order chi connectivity index (χ1) is 14.6. The number of benzene rings is 2. The van der Waals surface area contributed by atoms with Crippen molar-refractivity contribution in [2.75, 3.05) is 14.2 Å². The van der Waals surface area contributed by atoms with Gasteiger partial charge in [-0.1, -0.05) is 36.4 Å². The second kappa shape index (κ2) is 8.37. The van der Waals surface area contributed by atoms with Crippen molar-refractivity contribution in [2.24, 2.45) is 0 Å². The lowest BCUT2D eigenvalue weighted by Gasteiger charge is -2.39. The Labute approximate surface area is 175 Å². The van der Waals surface area contributed by atoms with Crippen LogP contribution in [-0.2, 0) is 11.3 Å². The van der Waals surface area contributed by atoms with Gasteiger partial charge in [0.25, 0.3) is 5.91 Å². The molecule has 0 unspecified atom stereocenters. The van der Waals surface area contributed by atoms with Crippen molar-refractivity contribution in [1.29, 1.82) is 0 Å². The number of nitrogens with one attached hydrogen (secondary N) is 1. The molecule has 1 N–H and O–H groups in total. The minimum Gasteiger partial charge on any atom is -0.497 e. The Hall–Kier alpha value is -3.67. The predicted molar refractivity (Wildman–Crippen MR) is 113 cm³/mol. The summed E-state index contributed by atoms with van der Waals surface area (Å²) in [5.74, 6) is -0.0373. The molecule has 2 heterocycles. The zero-order valence-corrected chi connectivity index (χ0v) is 16.9. The van der Waals surface area contributed by atoms with Crippen LogP contribution in [0.2, 0.25) is 0 Å². The molecule has 0 fully saturated rings. The maximum absolute atomic E-state index is 13.4. The summed E-state index contributed by atoms with van der Waals surface area (Å²) in [7, 11) is 3.35. The van der Waals surface area contributed by atoms with Crippen LogP contribution in [0.15, 0.2) is 73.1 Å². The summed E-state index contributed by atoms with van der Waals surface area (Å²) in [5.41, 5.74) is 3.10. The summed E-state index contributed by atoms with van der Waals surface area (Å²) in [5, 5.41) is 3.03. The third-order valence-electron chi connectivity index (χ3n) is 5.51. The number of carbonyl (C=O) groups is 2. The molecule has 2 atom stereocenters. The van der Waals surface area contributed by atoms with Crippen LogP contribution in [0.5, 0.6) is 5.75 Å². The van der Waals surface area contributed by atoms with Crippen LogP contribution in [0.1, 0.15) is 39.0 Å². The number of rotatable bonds is 5. The third-order valence-corrected chi connectivity index (χ3v) is 5.51. The SMILES string of the molecule is COc1ccc([C@@H]2[C@@H](C(=O)NCc3cccnc3)c3ccccc3C(=O)N2C)cc1. The van der Waals surface area contributed by atoms with E-state index in [-0.39, 0.29) is 11.8 Å². The third kappa shape index (κ3) is 3.64. The lowest BCUT2D eigenvalue weighted by atomic mass is 9.79. The molecule has 152 valence electrons. The first-order valence-electron chi connectivity index (χ1n) is 9.77. The fourth-order valence-corrected chi connectivity index (χ4v) is 3.98. The second-order valence-corrected chi connectivity index (χ2v) is 7.28. The molecule has 0 bridgehead atoms. The van der Waals surface area contributed by atoms with E-state index in [0.29, 0.717) is 12.1 Å².